The maximum Gasteiger partial charge on any atom is 0.321 e. The molecule has 0 spiro atoms. The lowest BCUT2D eigenvalue weighted by atomic mass is 9.90. The molecule has 0 bridgehead atoms. The summed E-state index contributed by atoms with van der Waals surface area (Å²) in [6, 6.07) is -0.657. The van der Waals surface area contributed by atoms with Gasteiger partial charge in [-0.15, -0.1) is 0 Å². The summed E-state index contributed by atoms with van der Waals surface area (Å²) in [4.78, 5) is 64.8. The van der Waals surface area contributed by atoms with E-state index >= 15 is 0 Å². The summed E-state index contributed by atoms with van der Waals surface area (Å²) in [6.45, 7) is 26.0. The molecule has 1 aliphatic heterocycles. The number of aldehydes is 1. The first-order chi connectivity index (χ1) is 26.1. The van der Waals surface area contributed by atoms with Gasteiger partial charge in [-0.05, 0) is 70.5 Å². The summed E-state index contributed by atoms with van der Waals surface area (Å²) in [6.07, 6.45) is 8.87. The number of likely N-dealkylation sites (N-methyl/N-ethyl adjacent to an activating group) is 3. The van der Waals surface area contributed by atoms with Gasteiger partial charge in [-0.2, -0.15) is 0 Å². The standard InChI is InChI=1S/C24H44N2O5.C10H15NO2.C9H20N2O/c1-9-17(4)23(25(6)21(28)13-16(2)3)20(30-7)14-22(29)26-12-10-11-19(26)24(31-8)18(5)15-27;1-4-6-8(5-2)7-9(11-3)10(12)13;1-6(2)8(9(10)12)11(5)7(3)4/h15-20,23-24H,9-14H2,1-8H3;4-6,9,11H,1-2,7H2,3H3,(H,12,13);6-8H,1-5H3,(H2,10,12)/b;8-6+;. The summed E-state index contributed by atoms with van der Waals surface area (Å²) in [5.41, 5.74) is 6.15. The highest BCUT2D eigenvalue weighted by Gasteiger charge is 2.40. The van der Waals surface area contributed by atoms with E-state index in [1.54, 1.807) is 44.4 Å². The highest BCUT2D eigenvalue weighted by Crippen LogP contribution is 2.29. The Morgan fingerprint density at radius 3 is 1.93 bits per heavy atom. The third-order valence-corrected chi connectivity index (χ3v) is 10.6. The van der Waals surface area contributed by atoms with E-state index in [0.29, 0.717) is 25.4 Å². The highest BCUT2D eigenvalue weighted by molar-refractivity contribution is 5.80. The predicted molar refractivity (Wildman–Crippen MR) is 226 cm³/mol. The molecule has 13 heteroatoms. The minimum absolute atomic E-state index is 0.00693. The molecular formula is C43H79N5O8. The summed E-state index contributed by atoms with van der Waals surface area (Å²) in [5.74, 6) is -0.577. The Morgan fingerprint density at radius 1 is 0.982 bits per heavy atom. The topological polar surface area (TPSA) is 172 Å². The second kappa shape index (κ2) is 28.9. The number of nitrogens with two attached hydrogens (primary N) is 1. The number of nitrogens with one attached hydrogen (secondary N) is 1. The van der Waals surface area contributed by atoms with Crippen LogP contribution in [0.15, 0.2) is 37.0 Å². The van der Waals surface area contributed by atoms with Crippen molar-refractivity contribution in [3.8, 4) is 0 Å². The molecule has 1 rings (SSSR count). The van der Waals surface area contributed by atoms with E-state index in [4.69, 9.17) is 20.3 Å². The van der Waals surface area contributed by atoms with Crippen molar-refractivity contribution in [2.75, 3.05) is 41.9 Å². The van der Waals surface area contributed by atoms with E-state index in [1.807, 2.05) is 58.5 Å². The number of carboxylic acids is 1. The number of allylic oxidation sites excluding steroid dienone is 3. The number of carbonyl (C=O) groups excluding carboxylic acids is 4. The molecule has 0 aromatic rings. The lowest BCUT2D eigenvalue weighted by Crippen LogP contribution is -2.52. The molecule has 1 fully saturated rings. The number of carbonyl (C=O) groups is 5. The number of likely N-dealkylation sites (tertiary alicyclic amines) is 1. The first kappa shape index (κ1) is 54.7. The first-order valence-corrected chi connectivity index (χ1v) is 20.1. The van der Waals surface area contributed by atoms with Gasteiger partial charge in [0.15, 0.2) is 0 Å². The van der Waals surface area contributed by atoms with Crippen molar-refractivity contribution in [2.24, 2.45) is 29.4 Å². The Bertz CT molecular complexity index is 1240. The van der Waals surface area contributed by atoms with E-state index < -0.39 is 18.1 Å². The molecule has 1 saturated heterocycles. The van der Waals surface area contributed by atoms with Gasteiger partial charge in [-0.1, -0.05) is 86.3 Å². The van der Waals surface area contributed by atoms with Crippen LogP contribution in [0.5, 0.6) is 0 Å². The van der Waals surface area contributed by atoms with Gasteiger partial charge in [0.2, 0.25) is 17.7 Å². The van der Waals surface area contributed by atoms with Crippen molar-refractivity contribution < 1.29 is 38.6 Å². The van der Waals surface area contributed by atoms with Crippen molar-refractivity contribution >= 4 is 30.0 Å². The normalized spacial score (nSPS) is 18.1. The van der Waals surface area contributed by atoms with Crippen LogP contribution in [-0.2, 0) is 33.4 Å². The fourth-order valence-corrected chi connectivity index (χ4v) is 7.01. The summed E-state index contributed by atoms with van der Waals surface area (Å²) in [5, 5.41) is 11.4. The summed E-state index contributed by atoms with van der Waals surface area (Å²) >= 11 is 0. The molecular weight excluding hydrogens is 715 g/mol. The average Bonchev–Trinajstić information content (AvgIpc) is 3.62. The zero-order valence-corrected chi connectivity index (χ0v) is 37.2. The lowest BCUT2D eigenvalue weighted by molar-refractivity contribution is -0.145. The first-order valence-electron chi connectivity index (χ1n) is 20.1. The molecule has 8 unspecified atom stereocenters. The van der Waals surface area contributed by atoms with Crippen LogP contribution in [0.4, 0.5) is 0 Å². The zero-order chi connectivity index (χ0) is 43.9. The SMILES string of the molecule is C=C/C=C(\C=C)CC(NC)C(=O)O.CC(C)C(C(N)=O)N(C)C(C)C.CCC(C)C(C(CC(=O)N1CCCC1C(OC)C(C)C=O)OC)N(C)C(=O)CC(C)C. The van der Waals surface area contributed by atoms with Gasteiger partial charge >= 0.3 is 5.97 Å². The van der Waals surface area contributed by atoms with Gasteiger partial charge in [-0.3, -0.25) is 24.1 Å². The molecule has 0 aromatic heterocycles. The molecule has 0 aromatic carbocycles. The number of rotatable bonds is 23. The molecule has 56 heavy (non-hydrogen) atoms. The van der Waals surface area contributed by atoms with Crippen molar-refractivity contribution in [2.45, 2.75) is 143 Å². The molecule has 8 atom stereocenters. The van der Waals surface area contributed by atoms with Crippen molar-refractivity contribution in [1.82, 2.24) is 20.0 Å². The molecule has 0 radical (unpaired) electrons. The maximum absolute atomic E-state index is 13.3. The number of carboxylic acid groups (broad SMARTS) is 1. The van der Waals surface area contributed by atoms with Crippen LogP contribution in [0.2, 0.25) is 0 Å². The predicted octanol–water partition coefficient (Wildman–Crippen LogP) is 5.34. The van der Waals surface area contributed by atoms with Gasteiger partial charge in [0, 0.05) is 46.2 Å². The van der Waals surface area contributed by atoms with Crippen molar-refractivity contribution in [3.05, 3.63) is 37.0 Å². The second-order valence-corrected chi connectivity index (χ2v) is 15.9. The van der Waals surface area contributed by atoms with E-state index in [0.717, 1.165) is 31.1 Å². The minimum Gasteiger partial charge on any atom is -0.480 e. The van der Waals surface area contributed by atoms with Gasteiger partial charge < -0.3 is 40.2 Å². The van der Waals surface area contributed by atoms with Crippen LogP contribution in [0.25, 0.3) is 0 Å². The van der Waals surface area contributed by atoms with Gasteiger partial charge in [0.05, 0.1) is 36.8 Å². The Labute approximate surface area is 339 Å². The third-order valence-electron chi connectivity index (χ3n) is 10.6. The summed E-state index contributed by atoms with van der Waals surface area (Å²) < 4.78 is 11.4. The van der Waals surface area contributed by atoms with Crippen molar-refractivity contribution in [3.63, 3.8) is 0 Å². The van der Waals surface area contributed by atoms with E-state index in [-0.39, 0.29) is 72.0 Å². The number of hydrogen-bond acceptors (Lipinski definition) is 9. The number of amides is 3. The second-order valence-electron chi connectivity index (χ2n) is 15.9. The van der Waals surface area contributed by atoms with Crippen LogP contribution < -0.4 is 11.1 Å². The van der Waals surface area contributed by atoms with Crippen LogP contribution >= 0.6 is 0 Å². The van der Waals surface area contributed by atoms with Gasteiger partial charge in [0.25, 0.3) is 0 Å². The molecule has 0 saturated carbocycles. The Balaban J connectivity index is 0. The van der Waals surface area contributed by atoms with Crippen LogP contribution in [-0.4, -0.2) is 134 Å². The largest absolute Gasteiger partial charge is 0.480 e. The average molecular weight is 794 g/mol. The summed E-state index contributed by atoms with van der Waals surface area (Å²) in [7, 11) is 8.58. The Morgan fingerprint density at radius 2 is 1.57 bits per heavy atom. The Hall–Kier alpha value is -3.39. The number of nitrogens with zero attached hydrogens (tertiary/aromatic N) is 3. The van der Waals surface area contributed by atoms with Crippen LogP contribution in [0, 0.1) is 23.7 Å². The minimum atomic E-state index is -0.862. The molecule has 0 aliphatic carbocycles. The number of ether oxygens (including phenoxy) is 2. The van der Waals surface area contributed by atoms with Crippen LogP contribution in [0.1, 0.15) is 101 Å². The number of methoxy groups -OCH3 is 2. The van der Waals surface area contributed by atoms with E-state index in [1.165, 1.54) is 0 Å². The highest BCUT2D eigenvalue weighted by atomic mass is 16.5. The molecule has 1 aliphatic rings. The molecule has 324 valence electrons. The molecule has 3 amide bonds. The zero-order valence-electron chi connectivity index (χ0n) is 37.2. The van der Waals surface area contributed by atoms with E-state index in [2.05, 4.69) is 46.2 Å². The van der Waals surface area contributed by atoms with E-state index in [9.17, 15) is 24.0 Å². The van der Waals surface area contributed by atoms with Crippen LogP contribution in [0.3, 0.4) is 0 Å². The number of aliphatic carboxylic acids is 1. The lowest BCUT2D eigenvalue weighted by Gasteiger charge is -2.39. The number of primary amides is 1. The molecule has 4 N–H and O–H groups in total. The van der Waals surface area contributed by atoms with Gasteiger partial charge in [-0.25, -0.2) is 0 Å². The molecule has 1 heterocycles. The fourth-order valence-electron chi connectivity index (χ4n) is 7.01. The van der Waals surface area contributed by atoms with Gasteiger partial charge in [0.1, 0.15) is 12.3 Å². The van der Waals surface area contributed by atoms with Crippen molar-refractivity contribution in [1.29, 1.82) is 0 Å². The maximum atomic E-state index is 13.3. The smallest absolute Gasteiger partial charge is 0.321 e. The third kappa shape index (κ3) is 18.7. The monoisotopic (exact) mass is 794 g/mol. The number of hydrogen-bond donors (Lipinski definition) is 3. The molecule has 13 nitrogen and oxygen atoms in total. The fraction of sp³-hybridized carbons (Fsp3) is 0.744. The quantitative estimate of drug-likeness (QED) is 0.0907. The Kier molecular flexibility index (Phi) is 28.3.